The van der Waals surface area contributed by atoms with E-state index < -0.39 is 0 Å². The zero-order valence-corrected chi connectivity index (χ0v) is 12.5. The SMILES string of the molecule is c1coc(Cn2c(NC3CCNCC3)nc3ccccc32)c1. The maximum Gasteiger partial charge on any atom is 0.204 e. The molecule has 1 aromatic carbocycles. The first-order valence-corrected chi connectivity index (χ1v) is 7.85. The predicted molar refractivity (Wildman–Crippen MR) is 87.1 cm³/mol. The maximum absolute atomic E-state index is 5.51. The van der Waals surface area contributed by atoms with Gasteiger partial charge in [0.1, 0.15) is 5.76 Å². The quantitative estimate of drug-likeness (QED) is 0.777. The standard InChI is InChI=1S/C17H20N4O/c1-2-6-16-15(5-1)20-17(19-13-7-9-18-10-8-13)21(16)12-14-4-3-11-22-14/h1-6,11,13,18H,7-10,12H2,(H,19,20). The second kappa shape index (κ2) is 5.85. The Bertz CT molecular complexity index is 741. The molecule has 2 N–H and O–H groups in total. The minimum Gasteiger partial charge on any atom is -0.467 e. The van der Waals surface area contributed by atoms with Crippen LogP contribution in [-0.2, 0) is 6.54 Å². The lowest BCUT2D eigenvalue weighted by Gasteiger charge is -2.24. The van der Waals surface area contributed by atoms with Gasteiger partial charge in [0.15, 0.2) is 0 Å². The van der Waals surface area contributed by atoms with Gasteiger partial charge in [0, 0.05) is 6.04 Å². The molecule has 4 rings (SSSR count). The van der Waals surface area contributed by atoms with Gasteiger partial charge in [-0.2, -0.15) is 0 Å². The number of nitrogens with zero attached hydrogens (tertiary/aromatic N) is 2. The highest BCUT2D eigenvalue weighted by Crippen LogP contribution is 2.23. The highest BCUT2D eigenvalue weighted by Gasteiger charge is 2.17. The minimum atomic E-state index is 0.480. The molecule has 3 heterocycles. The number of imidazole rings is 1. The third kappa shape index (κ3) is 2.60. The smallest absolute Gasteiger partial charge is 0.204 e. The Kier molecular flexibility index (Phi) is 3.56. The lowest BCUT2D eigenvalue weighted by atomic mass is 10.1. The van der Waals surface area contributed by atoms with Crippen LogP contribution in [0.2, 0.25) is 0 Å². The first-order chi connectivity index (χ1) is 10.9. The summed E-state index contributed by atoms with van der Waals surface area (Å²) < 4.78 is 7.72. The van der Waals surface area contributed by atoms with Crippen molar-refractivity contribution in [3.8, 4) is 0 Å². The summed E-state index contributed by atoms with van der Waals surface area (Å²) in [5.41, 5.74) is 2.15. The van der Waals surface area contributed by atoms with E-state index in [1.807, 2.05) is 18.2 Å². The monoisotopic (exact) mass is 296 g/mol. The molecule has 1 aliphatic rings. The fourth-order valence-electron chi connectivity index (χ4n) is 3.05. The molecule has 0 saturated carbocycles. The van der Waals surface area contributed by atoms with Crippen molar-refractivity contribution in [2.75, 3.05) is 18.4 Å². The molecule has 0 bridgehead atoms. The molecule has 3 aromatic rings. The summed E-state index contributed by atoms with van der Waals surface area (Å²) in [5, 5.41) is 7.02. The third-order valence-electron chi connectivity index (χ3n) is 4.22. The molecule has 0 aliphatic carbocycles. The van der Waals surface area contributed by atoms with Crippen molar-refractivity contribution in [1.82, 2.24) is 14.9 Å². The zero-order chi connectivity index (χ0) is 14.8. The van der Waals surface area contributed by atoms with Gasteiger partial charge in [-0.3, -0.25) is 0 Å². The van der Waals surface area contributed by atoms with Crippen LogP contribution in [0, 0.1) is 0 Å². The highest BCUT2D eigenvalue weighted by atomic mass is 16.3. The minimum absolute atomic E-state index is 0.480. The lowest BCUT2D eigenvalue weighted by Crippen LogP contribution is -2.36. The number of nitrogens with one attached hydrogen (secondary N) is 2. The molecule has 1 fully saturated rings. The van der Waals surface area contributed by atoms with Crippen LogP contribution < -0.4 is 10.6 Å². The van der Waals surface area contributed by atoms with E-state index in [9.17, 15) is 0 Å². The lowest BCUT2D eigenvalue weighted by molar-refractivity contribution is 0.472. The van der Waals surface area contributed by atoms with Gasteiger partial charge in [0.2, 0.25) is 5.95 Å². The van der Waals surface area contributed by atoms with Crippen LogP contribution in [0.4, 0.5) is 5.95 Å². The molecule has 5 nitrogen and oxygen atoms in total. The van der Waals surface area contributed by atoms with Gasteiger partial charge in [-0.05, 0) is 50.2 Å². The van der Waals surface area contributed by atoms with E-state index in [0.29, 0.717) is 12.6 Å². The Hall–Kier alpha value is -2.27. The number of hydrogen-bond donors (Lipinski definition) is 2. The van der Waals surface area contributed by atoms with E-state index in [2.05, 4.69) is 33.4 Å². The van der Waals surface area contributed by atoms with E-state index in [1.54, 1.807) is 6.26 Å². The number of anilines is 1. The van der Waals surface area contributed by atoms with Crippen molar-refractivity contribution < 1.29 is 4.42 Å². The van der Waals surface area contributed by atoms with Crippen molar-refractivity contribution in [2.45, 2.75) is 25.4 Å². The molecule has 0 atom stereocenters. The van der Waals surface area contributed by atoms with Crippen LogP contribution in [0.15, 0.2) is 47.1 Å². The van der Waals surface area contributed by atoms with Crippen molar-refractivity contribution >= 4 is 17.0 Å². The summed E-state index contributed by atoms with van der Waals surface area (Å²) >= 11 is 0. The van der Waals surface area contributed by atoms with Gasteiger partial charge in [-0.1, -0.05) is 12.1 Å². The van der Waals surface area contributed by atoms with Gasteiger partial charge in [0.05, 0.1) is 23.8 Å². The number of benzene rings is 1. The Balaban J connectivity index is 1.69. The van der Waals surface area contributed by atoms with E-state index in [4.69, 9.17) is 9.40 Å². The normalized spacial score (nSPS) is 16.2. The topological polar surface area (TPSA) is 55.0 Å². The van der Waals surface area contributed by atoms with Gasteiger partial charge in [-0.25, -0.2) is 4.98 Å². The molecule has 114 valence electrons. The molecule has 0 spiro atoms. The summed E-state index contributed by atoms with van der Waals surface area (Å²) in [4.78, 5) is 4.78. The van der Waals surface area contributed by atoms with Gasteiger partial charge in [-0.15, -0.1) is 0 Å². The Labute approximate surface area is 129 Å². The molecular formula is C17H20N4O. The molecule has 22 heavy (non-hydrogen) atoms. The molecule has 0 amide bonds. The van der Waals surface area contributed by atoms with Crippen molar-refractivity contribution in [1.29, 1.82) is 0 Å². The van der Waals surface area contributed by atoms with E-state index in [1.165, 1.54) is 0 Å². The van der Waals surface area contributed by atoms with Crippen LogP contribution in [0.1, 0.15) is 18.6 Å². The predicted octanol–water partition coefficient (Wildman–Crippen LogP) is 2.84. The average molecular weight is 296 g/mol. The summed E-state index contributed by atoms with van der Waals surface area (Å²) in [7, 11) is 0. The number of furan rings is 1. The van der Waals surface area contributed by atoms with Crippen LogP contribution in [0.25, 0.3) is 11.0 Å². The van der Waals surface area contributed by atoms with Crippen LogP contribution in [0.5, 0.6) is 0 Å². The Morgan fingerprint density at radius 1 is 1.18 bits per heavy atom. The highest BCUT2D eigenvalue weighted by molar-refractivity contribution is 5.78. The molecular weight excluding hydrogens is 276 g/mol. The fraction of sp³-hybridized carbons (Fsp3) is 0.353. The molecule has 0 unspecified atom stereocenters. The average Bonchev–Trinajstić information content (AvgIpc) is 3.18. The Morgan fingerprint density at radius 3 is 2.86 bits per heavy atom. The van der Waals surface area contributed by atoms with E-state index in [0.717, 1.165) is 48.7 Å². The molecule has 1 aliphatic heterocycles. The van der Waals surface area contributed by atoms with E-state index in [-0.39, 0.29) is 0 Å². The first kappa shape index (κ1) is 13.4. The number of hydrogen-bond acceptors (Lipinski definition) is 4. The zero-order valence-electron chi connectivity index (χ0n) is 12.5. The van der Waals surface area contributed by atoms with Crippen molar-refractivity contribution in [2.24, 2.45) is 0 Å². The van der Waals surface area contributed by atoms with Crippen LogP contribution >= 0.6 is 0 Å². The van der Waals surface area contributed by atoms with Crippen LogP contribution in [0.3, 0.4) is 0 Å². The van der Waals surface area contributed by atoms with Crippen molar-refractivity contribution in [3.05, 3.63) is 48.4 Å². The third-order valence-corrected chi connectivity index (χ3v) is 4.22. The van der Waals surface area contributed by atoms with Gasteiger partial charge < -0.3 is 19.6 Å². The summed E-state index contributed by atoms with van der Waals surface area (Å²) in [5.74, 6) is 1.88. The molecule has 2 aromatic heterocycles. The summed E-state index contributed by atoms with van der Waals surface area (Å²) in [6.45, 7) is 2.83. The molecule has 0 radical (unpaired) electrons. The number of rotatable bonds is 4. The maximum atomic E-state index is 5.51. The van der Waals surface area contributed by atoms with Crippen LogP contribution in [-0.4, -0.2) is 28.7 Å². The van der Waals surface area contributed by atoms with E-state index >= 15 is 0 Å². The summed E-state index contributed by atoms with van der Waals surface area (Å²) in [6.07, 6.45) is 3.97. The molecule has 5 heteroatoms. The van der Waals surface area contributed by atoms with Gasteiger partial charge in [0.25, 0.3) is 0 Å². The van der Waals surface area contributed by atoms with Gasteiger partial charge >= 0.3 is 0 Å². The second-order valence-corrected chi connectivity index (χ2v) is 5.76. The Morgan fingerprint density at radius 2 is 2.05 bits per heavy atom. The molecule has 1 saturated heterocycles. The largest absolute Gasteiger partial charge is 0.467 e. The first-order valence-electron chi connectivity index (χ1n) is 7.85. The summed E-state index contributed by atoms with van der Waals surface area (Å²) in [6, 6.07) is 12.7. The number of fused-ring (bicyclic) bond motifs is 1. The van der Waals surface area contributed by atoms with Crippen molar-refractivity contribution in [3.63, 3.8) is 0 Å². The number of aromatic nitrogens is 2. The number of piperidine rings is 1. The second-order valence-electron chi connectivity index (χ2n) is 5.76. The number of para-hydroxylation sites is 2. The fourth-order valence-corrected chi connectivity index (χ4v) is 3.05.